The van der Waals surface area contributed by atoms with Gasteiger partial charge in [-0.15, -0.1) is 0 Å². The van der Waals surface area contributed by atoms with Crippen molar-refractivity contribution in [2.75, 3.05) is 4.90 Å². The monoisotopic (exact) mass is 811 g/mol. The molecule has 0 amide bonds. The van der Waals surface area contributed by atoms with E-state index in [-0.39, 0.29) is 5.41 Å². The predicted molar refractivity (Wildman–Crippen MR) is 264 cm³/mol. The summed E-state index contributed by atoms with van der Waals surface area (Å²) < 4.78 is 7.06. The molecular weight excluding hydrogens is 763 g/mol. The van der Waals surface area contributed by atoms with Crippen LogP contribution in [0.15, 0.2) is 192 Å². The fraction of sp³-hybridized carbons (Fsp3) is 0.148. The van der Waals surface area contributed by atoms with Gasteiger partial charge in [-0.1, -0.05) is 172 Å². The first kappa shape index (κ1) is 37.6. The summed E-state index contributed by atoms with van der Waals surface area (Å²) in [6.45, 7) is 11.5. The van der Waals surface area contributed by atoms with E-state index in [1.165, 1.54) is 94.8 Å². The Kier molecular flexibility index (Phi) is 8.31. The van der Waals surface area contributed by atoms with E-state index in [0.29, 0.717) is 0 Å². The lowest BCUT2D eigenvalue weighted by atomic mass is 9.70. The summed E-state index contributed by atoms with van der Waals surface area (Å²) in [6.07, 6.45) is 6.60. The van der Waals surface area contributed by atoms with Crippen LogP contribution in [0.25, 0.3) is 60.9 Å². The number of nitrogens with zero attached hydrogens (tertiary/aromatic N) is 1. The SMILES string of the molecule is Cc1ccccc1-c1c(N(C2=CC=C(c3ccccc3)CC2)c2ccc(C(C)(C)C)cc2)cc2c(c1C)-c1c(ccc3c1oc1ccccc13)C21c2ccccc2-c2ccccc21. The van der Waals surface area contributed by atoms with E-state index in [9.17, 15) is 0 Å². The summed E-state index contributed by atoms with van der Waals surface area (Å²) >= 11 is 0. The van der Waals surface area contributed by atoms with Crippen LogP contribution in [0.3, 0.4) is 0 Å². The van der Waals surface area contributed by atoms with Gasteiger partial charge in [0.05, 0.1) is 11.1 Å². The third-order valence-corrected chi connectivity index (χ3v) is 14.3. The maximum atomic E-state index is 7.06. The van der Waals surface area contributed by atoms with Crippen molar-refractivity contribution in [3.63, 3.8) is 0 Å². The van der Waals surface area contributed by atoms with Crippen LogP contribution in [0.5, 0.6) is 0 Å². The van der Waals surface area contributed by atoms with Crippen molar-refractivity contribution in [1.82, 2.24) is 0 Å². The smallest absolute Gasteiger partial charge is 0.143 e. The lowest BCUT2D eigenvalue weighted by Gasteiger charge is -2.36. The van der Waals surface area contributed by atoms with Gasteiger partial charge < -0.3 is 9.32 Å². The molecule has 304 valence electrons. The number of hydrogen-bond acceptors (Lipinski definition) is 2. The number of allylic oxidation sites excluding steroid dienone is 4. The summed E-state index contributed by atoms with van der Waals surface area (Å²) in [5, 5.41) is 2.30. The molecule has 0 saturated carbocycles. The first-order valence-electron chi connectivity index (χ1n) is 22.5. The number of aryl methyl sites for hydroxylation is 1. The molecule has 0 aliphatic heterocycles. The lowest BCUT2D eigenvalue weighted by molar-refractivity contribution is 0.590. The number of furan rings is 1. The van der Waals surface area contributed by atoms with Gasteiger partial charge in [0, 0.05) is 33.3 Å². The zero-order valence-electron chi connectivity index (χ0n) is 36.6. The first-order valence-corrected chi connectivity index (χ1v) is 22.5. The van der Waals surface area contributed by atoms with Gasteiger partial charge in [-0.05, 0) is 135 Å². The molecule has 2 heteroatoms. The summed E-state index contributed by atoms with van der Waals surface area (Å²) in [5.74, 6) is 0. The zero-order valence-corrected chi connectivity index (χ0v) is 36.6. The van der Waals surface area contributed by atoms with E-state index < -0.39 is 5.41 Å². The molecule has 1 spiro atoms. The van der Waals surface area contributed by atoms with E-state index in [0.717, 1.165) is 40.5 Å². The molecule has 0 bridgehead atoms. The summed E-state index contributed by atoms with van der Waals surface area (Å²) in [7, 11) is 0. The Morgan fingerprint density at radius 2 is 1.17 bits per heavy atom. The van der Waals surface area contributed by atoms with Gasteiger partial charge in [0.2, 0.25) is 0 Å². The maximum absolute atomic E-state index is 7.06. The molecule has 0 N–H and O–H groups in total. The van der Waals surface area contributed by atoms with Gasteiger partial charge in [0.1, 0.15) is 11.2 Å². The Bertz CT molecular complexity index is 3340. The Labute approximate surface area is 370 Å². The van der Waals surface area contributed by atoms with Crippen molar-refractivity contribution < 1.29 is 4.42 Å². The molecule has 0 unspecified atom stereocenters. The Morgan fingerprint density at radius 1 is 0.524 bits per heavy atom. The second-order valence-electron chi connectivity index (χ2n) is 18.8. The molecule has 8 aromatic carbocycles. The van der Waals surface area contributed by atoms with Gasteiger partial charge in [-0.25, -0.2) is 0 Å². The van der Waals surface area contributed by atoms with E-state index in [4.69, 9.17) is 4.42 Å². The van der Waals surface area contributed by atoms with E-state index in [1.807, 2.05) is 0 Å². The second kappa shape index (κ2) is 13.9. The number of hydrogen-bond donors (Lipinski definition) is 0. The number of rotatable bonds is 5. The highest BCUT2D eigenvalue weighted by molar-refractivity contribution is 6.14. The predicted octanol–water partition coefficient (Wildman–Crippen LogP) is 16.4. The van der Waals surface area contributed by atoms with Crippen LogP contribution in [-0.2, 0) is 10.8 Å². The molecule has 9 aromatic rings. The molecule has 1 heterocycles. The standard InChI is InChI=1S/C61H49NO/c1-38-17-9-10-20-45(38)56-39(2)57-53(37-54(56)62(44-33-29-42(30-34-44)60(3,4)5)43-31-27-41(28-32-43)40-18-7-6-8-19-40)61(50-24-14-11-21-46(50)47-22-12-15-25-51(47)61)52-36-35-49-48-23-13-16-26-55(48)63-59(49)58(52)57/h6-27,29-31,33-37H,28,32H2,1-5H3. The molecule has 0 radical (unpaired) electrons. The van der Waals surface area contributed by atoms with Crippen LogP contribution in [0.2, 0.25) is 0 Å². The number of anilines is 2. The van der Waals surface area contributed by atoms with Crippen molar-refractivity contribution in [3.8, 4) is 33.4 Å². The lowest BCUT2D eigenvalue weighted by Crippen LogP contribution is -2.27. The third-order valence-electron chi connectivity index (χ3n) is 14.3. The van der Waals surface area contributed by atoms with E-state index >= 15 is 0 Å². The highest BCUT2D eigenvalue weighted by Gasteiger charge is 2.53. The van der Waals surface area contributed by atoms with Crippen LogP contribution in [-0.4, -0.2) is 0 Å². The fourth-order valence-electron chi connectivity index (χ4n) is 11.4. The topological polar surface area (TPSA) is 16.4 Å². The van der Waals surface area contributed by atoms with Crippen molar-refractivity contribution in [3.05, 3.63) is 232 Å². The number of benzene rings is 8. The van der Waals surface area contributed by atoms with Crippen LogP contribution >= 0.6 is 0 Å². The third kappa shape index (κ3) is 5.44. The molecule has 3 aliphatic rings. The number of fused-ring (bicyclic) bond motifs is 14. The molecule has 0 saturated heterocycles. The van der Waals surface area contributed by atoms with Crippen LogP contribution in [0.1, 0.15) is 78.1 Å². The minimum absolute atomic E-state index is 0.0284. The fourth-order valence-corrected chi connectivity index (χ4v) is 11.4. The molecule has 2 nitrogen and oxygen atoms in total. The van der Waals surface area contributed by atoms with Gasteiger partial charge in [0.25, 0.3) is 0 Å². The largest absolute Gasteiger partial charge is 0.455 e. The highest BCUT2D eigenvalue weighted by atomic mass is 16.3. The zero-order chi connectivity index (χ0) is 42.6. The first-order chi connectivity index (χ1) is 30.7. The molecular formula is C61H49NO. The summed E-state index contributed by atoms with van der Waals surface area (Å²) in [4.78, 5) is 2.60. The van der Waals surface area contributed by atoms with Crippen LogP contribution in [0, 0.1) is 13.8 Å². The van der Waals surface area contributed by atoms with Gasteiger partial charge in [-0.2, -0.15) is 0 Å². The molecule has 1 aromatic heterocycles. The molecule has 12 rings (SSSR count). The molecule has 63 heavy (non-hydrogen) atoms. The Hall–Kier alpha value is -7.16. The average Bonchev–Trinajstić information content (AvgIpc) is 3.94. The number of para-hydroxylation sites is 1. The van der Waals surface area contributed by atoms with Gasteiger partial charge >= 0.3 is 0 Å². The van der Waals surface area contributed by atoms with Gasteiger partial charge in [0.15, 0.2) is 0 Å². The minimum atomic E-state index is -0.572. The Balaban J connectivity index is 1.23. The van der Waals surface area contributed by atoms with Crippen molar-refractivity contribution in [2.45, 2.75) is 58.3 Å². The normalized spacial score (nSPS) is 14.6. The van der Waals surface area contributed by atoms with E-state index in [2.05, 4.69) is 222 Å². The van der Waals surface area contributed by atoms with Crippen molar-refractivity contribution >= 4 is 38.9 Å². The second-order valence-corrected chi connectivity index (χ2v) is 18.8. The van der Waals surface area contributed by atoms with Crippen LogP contribution < -0.4 is 4.90 Å². The Morgan fingerprint density at radius 3 is 1.86 bits per heavy atom. The quantitative estimate of drug-likeness (QED) is 0.172. The molecule has 0 atom stereocenters. The average molecular weight is 812 g/mol. The van der Waals surface area contributed by atoms with Gasteiger partial charge in [-0.3, -0.25) is 0 Å². The molecule has 0 fully saturated rings. The van der Waals surface area contributed by atoms with Crippen molar-refractivity contribution in [2.24, 2.45) is 0 Å². The maximum Gasteiger partial charge on any atom is 0.143 e. The highest BCUT2D eigenvalue weighted by Crippen LogP contribution is 2.66. The van der Waals surface area contributed by atoms with Crippen LogP contribution in [0.4, 0.5) is 11.4 Å². The van der Waals surface area contributed by atoms with E-state index in [1.54, 1.807) is 0 Å². The minimum Gasteiger partial charge on any atom is -0.455 e. The summed E-state index contributed by atoms with van der Waals surface area (Å²) in [6, 6.07) is 63.3. The molecule has 3 aliphatic carbocycles. The summed E-state index contributed by atoms with van der Waals surface area (Å²) in [5.41, 5.74) is 24.3. The van der Waals surface area contributed by atoms with Crippen molar-refractivity contribution in [1.29, 1.82) is 0 Å².